The molecule has 3 fully saturated rings. The Morgan fingerprint density at radius 3 is 2.55 bits per heavy atom. The fourth-order valence-corrected chi connectivity index (χ4v) is 4.94. The van der Waals surface area contributed by atoms with Crippen LogP contribution < -0.4 is 5.32 Å². The van der Waals surface area contributed by atoms with Crippen molar-refractivity contribution in [3.8, 4) is 0 Å². The molecule has 174 valence electrons. The van der Waals surface area contributed by atoms with E-state index in [-0.39, 0.29) is 0 Å². The summed E-state index contributed by atoms with van der Waals surface area (Å²) in [5.74, 6) is 3.56. The smallest absolute Gasteiger partial charge is 0.208 e. The van der Waals surface area contributed by atoms with Crippen molar-refractivity contribution in [2.75, 3.05) is 65.6 Å². The van der Waals surface area contributed by atoms with E-state index in [0.717, 1.165) is 95.4 Å². The highest BCUT2D eigenvalue weighted by atomic mass is 16.5. The van der Waals surface area contributed by atoms with Gasteiger partial charge in [0.2, 0.25) is 5.89 Å². The van der Waals surface area contributed by atoms with E-state index in [9.17, 15) is 0 Å². The van der Waals surface area contributed by atoms with E-state index in [0.29, 0.717) is 12.0 Å². The van der Waals surface area contributed by atoms with Crippen LogP contribution in [0.3, 0.4) is 0 Å². The number of hydrogen-bond acceptors (Lipinski definition) is 6. The van der Waals surface area contributed by atoms with Gasteiger partial charge in [-0.3, -0.25) is 14.8 Å². The molecule has 0 spiro atoms. The second-order valence-corrected chi connectivity index (χ2v) is 9.20. The SMILES string of the molecule is CCNC(=NCC1CCN(Cc2nc(C)c(C)o2)CC1)N1CCC(N2CCOCC2)C1. The summed E-state index contributed by atoms with van der Waals surface area (Å²) in [7, 11) is 0. The average Bonchev–Trinajstić information content (AvgIpc) is 3.39. The maximum atomic E-state index is 5.76. The summed E-state index contributed by atoms with van der Waals surface area (Å²) in [5, 5.41) is 3.54. The Kier molecular flexibility index (Phi) is 7.85. The number of ether oxygens (including phenoxy) is 1. The minimum Gasteiger partial charge on any atom is -0.444 e. The fraction of sp³-hybridized carbons (Fsp3) is 0.826. The van der Waals surface area contributed by atoms with Gasteiger partial charge in [0.05, 0.1) is 25.5 Å². The average molecular weight is 433 g/mol. The Bertz CT molecular complexity index is 702. The Hall–Kier alpha value is -1.64. The fourth-order valence-electron chi connectivity index (χ4n) is 4.94. The van der Waals surface area contributed by atoms with Crippen molar-refractivity contribution >= 4 is 5.96 Å². The minimum atomic E-state index is 0.637. The van der Waals surface area contributed by atoms with Gasteiger partial charge in [0, 0.05) is 45.3 Å². The molecule has 0 aromatic carbocycles. The third-order valence-electron chi connectivity index (χ3n) is 7.00. The first kappa shape index (κ1) is 22.6. The molecule has 4 rings (SSSR count). The van der Waals surface area contributed by atoms with E-state index >= 15 is 0 Å². The van der Waals surface area contributed by atoms with E-state index in [1.165, 1.54) is 19.3 Å². The number of aromatic nitrogens is 1. The zero-order chi connectivity index (χ0) is 21.6. The molecule has 8 heteroatoms. The van der Waals surface area contributed by atoms with Crippen molar-refractivity contribution < 1.29 is 9.15 Å². The Morgan fingerprint density at radius 2 is 1.87 bits per heavy atom. The number of aryl methyl sites for hydroxylation is 2. The zero-order valence-electron chi connectivity index (χ0n) is 19.6. The number of morpholine rings is 1. The predicted molar refractivity (Wildman–Crippen MR) is 122 cm³/mol. The monoisotopic (exact) mass is 432 g/mol. The van der Waals surface area contributed by atoms with E-state index in [4.69, 9.17) is 14.1 Å². The van der Waals surface area contributed by atoms with Crippen LogP contribution >= 0.6 is 0 Å². The van der Waals surface area contributed by atoms with Crippen LogP contribution in [0.25, 0.3) is 0 Å². The van der Waals surface area contributed by atoms with Gasteiger partial charge in [-0.25, -0.2) is 4.98 Å². The van der Waals surface area contributed by atoms with Crippen molar-refractivity contribution in [3.05, 3.63) is 17.3 Å². The number of aliphatic imine (C=N–C) groups is 1. The standard InChI is InChI=1S/C23H40N6O2/c1-4-24-23(29-10-7-21(16-29)28-11-13-30-14-12-28)25-15-20-5-8-27(9-6-20)17-22-26-18(2)19(3)31-22/h20-21H,4-17H2,1-3H3,(H,24,25). The third-order valence-corrected chi connectivity index (χ3v) is 7.00. The number of rotatable bonds is 6. The lowest BCUT2D eigenvalue weighted by Gasteiger charge is -2.32. The van der Waals surface area contributed by atoms with Crippen LogP contribution in [-0.2, 0) is 11.3 Å². The summed E-state index contributed by atoms with van der Waals surface area (Å²) in [5.41, 5.74) is 1.01. The quantitative estimate of drug-likeness (QED) is 0.544. The molecule has 1 aromatic heterocycles. The summed E-state index contributed by atoms with van der Waals surface area (Å²) >= 11 is 0. The van der Waals surface area contributed by atoms with Crippen LogP contribution in [0.2, 0.25) is 0 Å². The first-order valence-electron chi connectivity index (χ1n) is 12.1. The molecule has 0 radical (unpaired) electrons. The van der Waals surface area contributed by atoms with Gasteiger partial charge in [-0.2, -0.15) is 0 Å². The summed E-state index contributed by atoms with van der Waals surface area (Å²) in [6, 6.07) is 0.637. The summed E-state index contributed by atoms with van der Waals surface area (Å²) in [6.45, 7) is 17.1. The van der Waals surface area contributed by atoms with Gasteiger partial charge in [0.15, 0.2) is 5.96 Å². The minimum absolute atomic E-state index is 0.637. The van der Waals surface area contributed by atoms with Gasteiger partial charge in [0.1, 0.15) is 5.76 Å². The number of guanidine groups is 1. The Labute approximate surface area is 187 Å². The van der Waals surface area contributed by atoms with Gasteiger partial charge in [-0.15, -0.1) is 0 Å². The lowest BCUT2D eigenvalue weighted by Crippen LogP contribution is -2.46. The van der Waals surface area contributed by atoms with E-state index < -0.39 is 0 Å². The largest absolute Gasteiger partial charge is 0.444 e. The first-order valence-corrected chi connectivity index (χ1v) is 12.1. The normalized spacial score (nSPS) is 24.8. The molecule has 3 saturated heterocycles. The van der Waals surface area contributed by atoms with Crippen LogP contribution in [0, 0.1) is 19.8 Å². The van der Waals surface area contributed by atoms with Crippen molar-refractivity contribution in [2.24, 2.45) is 10.9 Å². The van der Waals surface area contributed by atoms with Crippen LogP contribution in [0.1, 0.15) is 43.5 Å². The van der Waals surface area contributed by atoms with E-state index in [1.54, 1.807) is 0 Å². The molecule has 8 nitrogen and oxygen atoms in total. The van der Waals surface area contributed by atoms with Gasteiger partial charge in [0.25, 0.3) is 0 Å². The molecular weight excluding hydrogens is 392 g/mol. The van der Waals surface area contributed by atoms with Crippen molar-refractivity contribution in [1.29, 1.82) is 0 Å². The van der Waals surface area contributed by atoms with E-state index in [1.807, 2.05) is 13.8 Å². The third kappa shape index (κ3) is 5.99. The van der Waals surface area contributed by atoms with Crippen molar-refractivity contribution in [2.45, 2.75) is 52.6 Å². The molecule has 0 bridgehead atoms. The summed E-state index contributed by atoms with van der Waals surface area (Å²) in [4.78, 5) is 17.1. The van der Waals surface area contributed by atoms with Crippen molar-refractivity contribution in [3.63, 3.8) is 0 Å². The lowest BCUT2D eigenvalue weighted by molar-refractivity contribution is 0.0195. The maximum absolute atomic E-state index is 5.76. The van der Waals surface area contributed by atoms with Crippen LogP contribution in [0.4, 0.5) is 0 Å². The number of piperidine rings is 1. The number of oxazole rings is 1. The van der Waals surface area contributed by atoms with Gasteiger partial charge in [-0.05, 0) is 59.0 Å². The predicted octanol–water partition coefficient (Wildman–Crippen LogP) is 1.88. The molecule has 31 heavy (non-hydrogen) atoms. The molecule has 1 unspecified atom stereocenters. The highest BCUT2D eigenvalue weighted by Crippen LogP contribution is 2.21. The van der Waals surface area contributed by atoms with Gasteiger partial charge >= 0.3 is 0 Å². The molecule has 1 aromatic rings. The van der Waals surface area contributed by atoms with Gasteiger partial charge in [-0.1, -0.05) is 0 Å². The lowest BCUT2D eigenvalue weighted by atomic mass is 9.97. The molecule has 1 N–H and O–H groups in total. The van der Waals surface area contributed by atoms with Gasteiger partial charge < -0.3 is 19.4 Å². The molecule has 0 saturated carbocycles. The summed E-state index contributed by atoms with van der Waals surface area (Å²) < 4.78 is 11.3. The Balaban J connectivity index is 1.24. The molecule has 0 aliphatic carbocycles. The van der Waals surface area contributed by atoms with Crippen LogP contribution in [-0.4, -0.2) is 97.3 Å². The second-order valence-electron chi connectivity index (χ2n) is 9.20. The number of likely N-dealkylation sites (tertiary alicyclic amines) is 2. The van der Waals surface area contributed by atoms with Crippen molar-refractivity contribution in [1.82, 2.24) is 25.0 Å². The Morgan fingerprint density at radius 1 is 1.10 bits per heavy atom. The molecule has 3 aliphatic heterocycles. The number of hydrogen-bond donors (Lipinski definition) is 1. The molecule has 1 atom stereocenters. The molecule has 3 aliphatic rings. The molecule has 4 heterocycles. The summed E-state index contributed by atoms with van der Waals surface area (Å²) in [6.07, 6.45) is 3.61. The topological polar surface area (TPSA) is 69.4 Å². The van der Waals surface area contributed by atoms with Crippen LogP contribution in [0.5, 0.6) is 0 Å². The second kappa shape index (κ2) is 10.8. The highest BCUT2D eigenvalue weighted by Gasteiger charge is 2.30. The molecule has 0 amide bonds. The number of nitrogens with one attached hydrogen (secondary N) is 1. The molecular formula is C23H40N6O2. The van der Waals surface area contributed by atoms with E-state index in [2.05, 4.69) is 31.9 Å². The maximum Gasteiger partial charge on any atom is 0.208 e. The number of nitrogens with zero attached hydrogens (tertiary/aromatic N) is 5. The zero-order valence-corrected chi connectivity index (χ0v) is 19.6. The van der Waals surface area contributed by atoms with Crippen LogP contribution in [0.15, 0.2) is 9.41 Å². The first-order chi connectivity index (χ1) is 15.1. The highest BCUT2D eigenvalue weighted by molar-refractivity contribution is 5.80.